The van der Waals surface area contributed by atoms with Gasteiger partial charge in [-0.1, -0.05) is 0 Å². The van der Waals surface area contributed by atoms with Crippen molar-refractivity contribution in [3.8, 4) is 6.19 Å². The van der Waals surface area contributed by atoms with Crippen LogP contribution in [0.3, 0.4) is 0 Å². The Labute approximate surface area is 69.3 Å². The molecule has 0 bridgehead atoms. The molecule has 0 unspecified atom stereocenters. The highest BCUT2D eigenvalue weighted by atomic mass is 16.2. The Morgan fingerprint density at radius 2 is 1.83 bits per heavy atom. The fourth-order valence-corrected chi connectivity index (χ4v) is 0.646. The van der Waals surface area contributed by atoms with Crippen molar-refractivity contribution in [3.05, 3.63) is 0 Å². The lowest BCUT2D eigenvalue weighted by Gasteiger charge is -2.13. The molecule has 0 aliphatic rings. The second-order valence-corrected chi connectivity index (χ2v) is 1.94. The zero-order chi connectivity index (χ0) is 9.72. The van der Waals surface area contributed by atoms with E-state index in [1.54, 1.807) is 0 Å². The molecule has 6 heteroatoms. The number of hydrogen-bond acceptors (Lipinski definition) is 4. The third-order valence-corrected chi connectivity index (χ3v) is 1.02. The summed E-state index contributed by atoms with van der Waals surface area (Å²) in [6.45, 7) is 2.31. The van der Waals surface area contributed by atoms with Crippen molar-refractivity contribution in [1.82, 2.24) is 4.90 Å². The summed E-state index contributed by atoms with van der Waals surface area (Å²) in [5.74, 6) is -1.55. The average Bonchev–Trinajstić information content (AvgIpc) is 1.85. The lowest BCUT2D eigenvalue weighted by molar-refractivity contribution is -0.137. The van der Waals surface area contributed by atoms with E-state index in [1.807, 2.05) is 0 Å². The first-order valence-electron chi connectivity index (χ1n) is 3.04. The van der Waals surface area contributed by atoms with Crippen LogP contribution in [0.4, 0.5) is 0 Å². The van der Waals surface area contributed by atoms with Gasteiger partial charge >= 0.3 is 0 Å². The smallest absolute Gasteiger partial charge is 0.233 e. The largest absolute Gasteiger partial charge is 0.368 e. The fourth-order valence-electron chi connectivity index (χ4n) is 0.646. The van der Waals surface area contributed by atoms with Gasteiger partial charge in [0.25, 0.3) is 0 Å². The van der Waals surface area contributed by atoms with Crippen LogP contribution in [-0.2, 0) is 9.59 Å². The highest BCUT2D eigenvalue weighted by Gasteiger charge is 2.17. The number of carbonyl (C=O) groups is 2. The summed E-state index contributed by atoms with van der Waals surface area (Å²) in [6.07, 6.45) is 1.37. The zero-order valence-electron chi connectivity index (χ0n) is 6.74. The minimum Gasteiger partial charge on any atom is -0.368 e. The summed E-state index contributed by atoms with van der Waals surface area (Å²) in [6, 6.07) is 0. The van der Waals surface area contributed by atoms with E-state index in [9.17, 15) is 9.59 Å². The minimum atomic E-state index is -0.570. The molecule has 12 heavy (non-hydrogen) atoms. The van der Waals surface area contributed by atoms with Crippen molar-refractivity contribution in [2.75, 3.05) is 0 Å². The molecule has 0 saturated heterocycles. The summed E-state index contributed by atoms with van der Waals surface area (Å²) < 4.78 is 0. The van der Waals surface area contributed by atoms with E-state index in [1.165, 1.54) is 6.19 Å². The molecule has 0 rings (SSSR count). The summed E-state index contributed by atoms with van der Waals surface area (Å²) in [5.41, 5.74) is 5.14. The van der Waals surface area contributed by atoms with Gasteiger partial charge in [0.05, 0.1) is 0 Å². The number of amides is 2. The number of guanidine groups is 1. The van der Waals surface area contributed by atoms with Crippen molar-refractivity contribution in [2.24, 2.45) is 10.7 Å². The summed E-state index contributed by atoms with van der Waals surface area (Å²) >= 11 is 0. The quantitative estimate of drug-likeness (QED) is 0.290. The third-order valence-electron chi connectivity index (χ3n) is 1.02. The minimum absolute atomic E-state index is 0.405. The van der Waals surface area contributed by atoms with E-state index in [4.69, 9.17) is 11.0 Å². The van der Waals surface area contributed by atoms with Gasteiger partial charge in [-0.3, -0.25) is 9.59 Å². The Balaban J connectivity index is 4.78. The molecule has 0 aliphatic heterocycles. The molecule has 0 spiro atoms. The standard InChI is InChI=1S/C6H8N4O2/c1-4(11)10(5(2)12)6(8)9-3-7/h1-2H3,(H2,8,9). The highest BCUT2D eigenvalue weighted by molar-refractivity contribution is 6.10. The van der Waals surface area contributed by atoms with Gasteiger partial charge in [0.2, 0.25) is 24.0 Å². The van der Waals surface area contributed by atoms with Crippen LogP contribution >= 0.6 is 0 Å². The molecule has 0 aromatic rings. The molecule has 0 heterocycles. The number of rotatable bonds is 0. The van der Waals surface area contributed by atoms with Gasteiger partial charge < -0.3 is 5.73 Å². The van der Waals surface area contributed by atoms with Gasteiger partial charge in [-0.05, 0) is 0 Å². The van der Waals surface area contributed by atoms with E-state index < -0.39 is 17.8 Å². The molecule has 0 radical (unpaired) electrons. The van der Waals surface area contributed by atoms with Gasteiger partial charge in [0, 0.05) is 13.8 Å². The number of imide groups is 1. The Morgan fingerprint density at radius 1 is 1.42 bits per heavy atom. The SMILES string of the molecule is CC(=O)N(C(C)=O)C(N)=NC#N. The average molecular weight is 168 g/mol. The van der Waals surface area contributed by atoms with Crippen LogP contribution in [0.15, 0.2) is 4.99 Å². The third kappa shape index (κ3) is 2.38. The van der Waals surface area contributed by atoms with Crippen LogP contribution < -0.4 is 5.73 Å². The molecule has 0 aromatic carbocycles. The molecule has 0 aromatic heterocycles. The van der Waals surface area contributed by atoms with E-state index in [2.05, 4.69) is 4.99 Å². The van der Waals surface area contributed by atoms with Crippen molar-refractivity contribution in [1.29, 1.82) is 5.26 Å². The van der Waals surface area contributed by atoms with E-state index in [0.717, 1.165) is 13.8 Å². The topological polar surface area (TPSA) is 99.6 Å². The predicted molar refractivity (Wildman–Crippen MR) is 40.4 cm³/mol. The Bertz CT molecular complexity index is 262. The maximum atomic E-state index is 10.7. The first kappa shape index (κ1) is 10.1. The summed E-state index contributed by atoms with van der Waals surface area (Å²) in [5, 5.41) is 8.08. The Kier molecular flexibility index (Phi) is 3.43. The molecule has 2 N–H and O–H groups in total. The van der Waals surface area contributed by atoms with Crippen LogP contribution in [0.2, 0.25) is 0 Å². The van der Waals surface area contributed by atoms with Gasteiger partial charge in [-0.2, -0.15) is 5.26 Å². The number of nitrogens with two attached hydrogens (primary N) is 1. The monoisotopic (exact) mass is 168 g/mol. The number of nitrogens with zero attached hydrogens (tertiary/aromatic N) is 3. The molecular weight excluding hydrogens is 160 g/mol. The highest BCUT2D eigenvalue weighted by Crippen LogP contribution is 1.90. The van der Waals surface area contributed by atoms with Crippen LogP contribution in [0, 0.1) is 11.5 Å². The molecule has 64 valence electrons. The molecule has 0 atom stereocenters. The Morgan fingerprint density at radius 3 is 2.08 bits per heavy atom. The number of nitriles is 1. The van der Waals surface area contributed by atoms with Crippen LogP contribution in [0.1, 0.15) is 13.8 Å². The maximum Gasteiger partial charge on any atom is 0.233 e. The van der Waals surface area contributed by atoms with Crippen molar-refractivity contribution < 1.29 is 9.59 Å². The van der Waals surface area contributed by atoms with Crippen molar-refractivity contribution in [3.63, 3.8) is 0 Å². The van der Waals surface area contributed by atoms with Gasteiger partial charge in [-0.25, -0.2) is 4.90 Å². The molecule has 0 fully saturated rings. The summed E-state index contributed by atoms with van der Waals surface area (Å²) in [7, 11) is 0. The maximum absolute atomic E-state index is 10.7. The fraction of sp³-hybridized carbons (Fsp3) is 0.333. The number of carbonyl (C=O) groups excluding carboxylic acids is 2. The lowest BCUT2D eigenvalue weighted by Crippen LogP contribution is -2.43. The van der Waals surface area contributed by atoms with E-state index in [-0.39, 0.29) is 0 Å². The van der Waals surface area contributed by atoms with E-state index >= 15 is 0 Å². The molecule has 0 saturated carbocycles. The van der Waals surface area contributed by atoms with Gasteiger partial charge in [-0.15, -0.1) is 4.99 Å². The van der Waals surface area contributed by atoms with Crippen molar-refractivity contribution in [2.45, 2.75) is 13.8 Å². The van der Waals surface area contributed by atoms with E-state index in [0.29, 0.717) is 4.90 Å². The summed E-state index contributed by atoms with van der Waals surface area (Å²) in [4.78, 5) is 25.1. The lowest BCUT2D eigenvalue weighted by atomic mass is 10.5. The van der Waals surface area contributed by atoms with Crippen LogP contribution in [0.25, 0.3) is 0 Å². The second kappa shape index (κ2) is 4.08. The molecular formula is C6H8N4O2. The normalized spacial score (nSPS) is 10.2. The molecule has 0 aliphatic carbocycles. The van der Waals surface area contributed by atoms with Crippen molar-refractivity contribution >= 4 is 17.8 Å². The predicted octanol–water partition coefficient (Wildman–Crippen LogP) is -0.823. The number of hydrogen-bond donors (Lipinski definition) is 1. The molecule has 2 amide bonds. The van der Waals surface area contributed by atoms with Gasteiger partial charge in [0.1, 0.15) is 0 Å². The van der Waals surface area contributed by atoms with Gasteiger partial charge in [0.15, 0.2) is 0 Å². The first-order chi connectivity index (χ1) is 5.50. The number of aliphatic imine (C=N–C) groups is 1. The zero-order valence-corrected chi connectivity index (χ0v) is 6.74. The van der Waals surface area contributed by atoms with Crippen LogP contribution in [-0.4, -0.2) is 22.7 Å². The van der Waals surface area contributed by atoms with Crippen LogP contribution in [0.5, 0.6) is 0 Å². The Hall–Kier alpha value is -1.90. The molecule has 6 nitrogen and oxygen atoms in total. The second-order valence-electron chi connectivity index (χ2n) is 1.94. The first-order valence-corrected chi connectivity index (χ1v) is 3.04.